The van der Waals surface area contributed by atoms with Crippen LogP contribution in [-0.4, -0.2) is 49.5 Å². The molecule has 0 aliphatic rings. The van der Waals surface area contributed by atoms with Crippen molar-refractivity contribution in [1.29, 1.82) is 0 Å². The molecule has 0 bridgehead atoms. The van der Waals surface area contributed by atoms with E-state index in [0.29, 0.717) is 53.8 Å². The summed E-state index contributed by atoms with van der Waals surface area (Å²) in [6, 6.07) is 8.70. The summed E-state index contributed by atoms with van der Waals surface area (Å²) in [5, 5.41) is 17.6. The van der Waals surface area contributed by atoms with Crippen LogP contribution in [0.2, 0.25) is 10.0 Å². The molecule has 1 heterocycles. The molecule has 0 radical (unpaired) electrons. The normalized spacial score (nSPS) is 12.1. The van der Waals surface area contributed by atoms with Crippen molar-refractivity contribution >= 4 is 53.1 Å². The van der Waals surface area contributed by atoms with Crippen molar-refractivity contribution in [3.05, 3.63) is 57.7 Å². The maximum atomic E-state index is 10.4. The van der Waals surface area contributed by atoms with Crippen LogP contribution in [-0.2, 0) is 11.3 Å². The summed E-state index contributed by atoms with van der Waals surface area (Å²) in [5.41, 5.74) is 1.57. The predicted octanol–water partition coefficient (Wildman–Crippen LogP) is 3.82. The molecule has 0 fully saturated rings. The first-order valence-corrected chi connectivity index (χ1v) is 10.00. The molecule has 7 nitrogen and oxygen atoms in total. The Labute approximate surface area is 204 Å². The van der Waals surface area contributed by atoms with Crippen molar-refractivity contribution in [3.8, 4) is 5.88 Å². The first-order chi connectivity index (χ1) is 14.0. The molecule has 0 aliphatic heterocycles. The Morgan fingerprint density at radius 1 is 1.17 bits per heavy atom. The Bertz CT molecular complexity index is 774. The predicted molar refractivity (Wildman–Crippen MR) is 131 cm³/mol. The number of rotatable bonds is 10. The number of benzene rings is 1. The van der Waals surface area contributed by atoms with Crippen LogP contribution in [0.5, 0.6) is 5.88 Å². The van der Waals surface area contributed by atoms with E-state index in [0.717, 1.165) is 5.56 Å². The number of aliphatic hydroxyl groups excluding tert-OH is 1. The van der Waals surface area contributed by atoms with Gasteiger partial charge in [-0.25, -0.2) is 9.98 Å². The number of halogens is 3. The number of guanidine groups is 1. The van der Waals surface area contributed by atoms with Crippen molar-refractivity contribution in [2.45, 2.75) is 19.6 Å². The number of aromatic nitrogens is 1. The van der Waals surface area contributed by atoms with Crippen LogP contribution < -0.4 is 15.4 Å². The average molecular weight is 569 g/mol. The molecule has 1 unspecified atom stereocenters. The Morgan fingerprint density at radius 2 is 1.90 bits per heavy atom. The second-order valence-corrected chi connectivity index (χ2v) is 7.01. The van der Waals surface area contributed by atoms with Crippen LogP contribution in [0.25, 0.3) is 0 Å². The first-order valence-electron chi connectivity index (χ1n) is 9.24. The smallest absolute Gasteiger partial charge is 0.213 e. The highest BCUT2D eigenvalue weighted by Gasteiger charge is 2.10. The van der Waals surface area contributed by atoms with Crippen LogP contribution >= 0.6 is 47.2 Å². The molecular formula is C20H27Cl2IN4O3. The van der Waals surface area contributed by atoms with Gasteiger partial charge >= 0.3 is 0 Å². The molecule has 166 valence electrons. The van der Waals surface area contributed by atoms with Crippen LogP contribution in [0, 0.1) is 0 Å². The largest absolute Gasteiger partial charge is 0.475 e. The minimum atomic E-state index is -0.778. The van der Waals surface area contributed by atoms with E-state index in [-0.39, 0.29) is 30.5 Å². The van der Waals surface area contributed by atoms with E-state index in [2.05, 4.69) is 20.6 Å². The second kappa shape index (κ2) is 14.6. The maximum Gasteiger partial charge on any atom is 0.213 e. The van der Waals surface area contributed by atoms with Gasteiger partial charge in [-0.15, -0.1) is 24.0 Å². The van der Waals surface area contributed by atoms with Crippen LogP contribution in [0.1, 0.15) is 24.2 Å². The minimum absolute atomic E-state index is 0. The van der Waals surface area contributed by atoms with Crippen LogP contribution in [0.4, 0.5) is 0 Å². The summed E-state index contributed by atoms with van der Waals surface area (Å²) in [5.74, 6) is 1.13. The highest BCUT2D eigenvalue weighted by molar-refractivity contribution is 14.0. The van der Waals surface area contributed by atoms with E-state index in [1.807, 2.05) is 13.0 Å². The molecule has 10 heteroatoms. The van der Waals surface area contributed by atoms with Crippen LogP contribution in [0.3, 0.4) is 0 Å². The number of nitrogens with zero attached hydrogens (tertiary/aromatic N) is 2. The highest BCUT2D eigenvalue weighted by Crippen LogP contribution is 2.23. The van der Waals surface area contributed by atoms with Gasteiger partial charge < -0.3 is 25.2 Å². The van der Waals surface area contributed by atoms with Gasteiger partial charge in [0.2, 0.25) is 5.88 Å². The van der Waals surface area contributed by atoms with Gasteiger partial charge in [-0.3, -0.25) is 0 Å². The zero-order chi connectivity index (χ0) is 21.1. The molecule has 0 spiro atoms. The number of aliphatic hydroxyl groups is 1. The fourth-order valence-electron chi connectivity index (χ4n) is 2.41. The van der Waals surface area contributed by atoms with Gasteiger partial charge in [-0.2, -0.15) is 0 Å². The Balaban J connectivity index is 0.00000450. The molecule has 1 aromatic heterocycles. The van der Waals surface area contributed by atoms with E-state index in [1.165, 1.54) is 0 Å². The average Bonchev–Trinajstić information content (AvgIpc) is 2.70. The lowest BCUT2D eigenvalue weighted by Gasteiger charge is -2.16. The molecule has 1 atom stereocenters. The topological polar surface area (TPSA) is 88.0 Å². The summed E-state index contributed by atoms with van der Waals surface area (Å²) in [7, 11) is 1.62. The SMILES string of the molecule is CCNC(=NCc1ccc(OCCOC)nc1)NCC(O)c1cc(Cl)cc(Cl)c1.I. The van der Waals surface area contributed by atoms with Gasteiger partial charge in [0.1, 0.15) is 6.61 Å². The Morgan fingerprint density at radius 3 is 2.50 bits per heavy atom. The molecule has 1 aromatic carbocycles. The number of pyridine rings is 1. The lowest BCUT2D eigenvalue weighted by atomic mass is 10.1. The third-order valence-electron chi connectivity index (χ3n) is 3.83. The van der Waals surface area contributed by atoms with Gasteiger partial charge in [-0.05, 0) is 36.2 Å². The van der Waals surface area contributed by atoms with Crippen LogP contribution in [0.15, 0.2) is 41.5 Å². The van der Waals surface area contributed by atoms with Gasteiger partial charge in [-0.1, -0.05) is 29.3 Å². The molecule has 3 N–H and O–H groups in total. The number of hydrogen-bond donors (Lipinski definition) is 3. The minimum Gasteiger partial charge on any atom is -0.475 e. The zero-order valence-electron chi connectivity index (χ0n) is 16.9. The third-order valence-corrected chi connectivity index (χ3v) is 4.27. The second-order valence-electron chi connectivity index (χ2n) is 6.14. The Kier molecular flexibility index (Phi) is 13.0. The quantitative estimate of drug-likeness (QED) is 0.175. The van der Waals surface area contributed by atoms with Gasteiger partial charge in [0.05, 0.1) is 19.3 Å². The van der Waals surface area contributed by atoms with E-state index in [9.17, 15) is 5.11 Å². The lowest BCUT2D eigenvalue weighted by Crippen LogP contribution is -2.39. The standard InChI is InChI=1S/C20H26Cl2N4O3.HI/c1-3-23-20(26-13-18(27)15-8-16(21)10-17(22)9-15)25-12-14-4-5-19(24-11-14)29-7-6-28-2;/h4-5,8-11,18,27H,3,6-7,12-13H2,1-2H3,(H2,23,25,26);1H. The molecule has 0 amide bonds. The number of hydrogen-bond acceptors (Lipinski definition) is 5. The van der Waals surface area contributed by atoms with Crippen molar-refractivity contribution in [2.24, 2.45) is 4.99 Å². The van der Waals surface area contributed by atoms with Crippen molar-refractivity contribution < 1.29 is 14.6 Å². The molecule has 0 saturated heterocycles. The first kappa shape index (κ1) is 26.7. The summed E-state index contributed by atoms with van der Waals surface area (Å²) in [4.78, 5) is 8.77. The number of methoxy groups -OCH3 is 1. The fourth-order valence-corrected chi connectivity index (χ4v) is 2.95. The monoisotopic (exact) mass is 568 g/mol. The van der Waals surface area contributed by atoms with E-state index < -0.39 is 6.10 Å². The third kappa shape index (κ3) is 9.65. The molecular weight excluding hydrogens is 542 g/mol. The summed E-state index contributed by atoms with van der Waals surface area (Å²) in [6.07, 6.45) is 0.943. The summed E-state index contributed by atoms with van der Waals surface area (Å²) in [6.45, 7) is 4.31. The lowest BCUT2D eigenvalue weighted by molar-refractivity contribution is 0.143. The van der Waals surface area contributed by atoms with Gasteiger partial charge in [0.15, 0.2) is 5.96 Å². The summed E-state index contributed by atoms with van der Waals surface area (Å²) < 4.78 is 10.4. The molecule has 2 aromatic rings. The number of nitrogens with one attached hydrogen (secondary N) is 2. The molecule has 0 saturated carbocycles. The Hall–Kier alpha value is -1.33. The van der Waals surface area contributed by atoms with Gasteiger partial charge in [0, 0.05) is 42.5 Å². The van der Waals surface area contributed by atoms with E-state index in [1.54, 1.807) is 37.6 Å². The number of aliphatic imine (C=N–C) groups is 1. The van der Waals surface area contributed by atoms with Crippen molar-refractivity contribution in [2.75, 3.05) is 33.4 Å². The fraction of sp³-hybridized carbons (Fsp3) is 0.400. The highest BCUT2D eigenvalue weighted by atomic mass is 127. The van der Waals surface area contributed by atoms with E-state index >= 15 is 0 Å². The molecule has 2 rings (SSSR count). The molecule has 0 aliphatic carbocycles. The zero-order valence-corrected chi connectivity index (χ0v) is 20.7. The van der Waals surface area contributed by atoms with E-state index in [4.69, 9.17) is 32.7 Å². The summed E-state index contributed by atoms with van der Waals surface area (Å²) >= 11 is 12.0. The molecule has 30 heavy (non-hydrogen) atoms. The number of ether oxygens (including phenoxy) is 2. The maximum absolute atomic E-state index is 10.4. The van der Waals surface area contributed by atoms with Crippen molar-refractivity contribution in [1.82, 2.24) is 15.6 Å². The van der Waals surface area contributed by atoms with Gasteiger partial charge in [0.25, 0.3) is 0 Å². The van der Waals surface area contributed by atoms with Crippen molar-refractivity contribution in [3.63, 3.8) is 0 Å².